The van der Waals surface area contributed by atoms with Gasteiger partial charge in [-0.25, -0.2) is 0 Å². The first-order chi connectivity index (χ1) is 27.1. The van der Waals surface area contributed by atoms with Crippen molar-refractivity contribution in [2.75, 3.05) is 6.61 Å². The summed E-state index contributed by atoms with van der Waals surface area (Å²) in [6.07, 6.45) is 56.0. The Labute approximate surface area is 343 Å². The predicted octanol–water partition coefficient (Wildman–Crippen LogP) is 14.6. The van der Waals surface area contributed by atoms with Crippen molar-refractivity contribution >= 4 is 5.91 Å². The molecule has 0 saturated heterocycles. The molecule has 0 aromatic heterocycles. The molecule has 5 nitrogen and oxygen atoms in total. The lowest BCUT2D eigenvalue weighted by atomic mass is 10.0. The van der Waals surface area contributed by atoms with Crippen LogP contribution in [0.2, 0.25) is 0 Å². The van der Waals surface area contributed by atoms with E-state index in [9.17, 15) is 20.1 Å². The number of rotatable bonds is 45. The van der Waals surface area contributed by atoms with Crippen LogP contribution in [-0.2, 0) is 4.79 Å². The van der Waals surface area contributed by atoms with E-state index < -0.39 is 18.2 Å². The van der Waals surface area contributed by atoms with Crippen molar-refractivity contribution in [3.63, 3.8) is 0 Å². The van der Waals surface area contributed by atoms with Gasteiger partial charge in [0.25, 0.3) is 0 Å². The molecule has 55 heavy (non-hydrogen) atoms. The summed E-state index contributed by atoms with van der Waals surface area (Å²) >= 11 is 0. The Hall–Kier alpha value is -1.17. The summed E-state index contributed by atoms with van der Waals surface area (Å²) in [5, 5.41) is 33.5. The minimum atomic E-state index is -1.16. The van der Waals surface area contributed by atoms with Gasteiger partial charge in [-0.3, -0.25) is 4.79 Å². The highest BCUT2D eigenvalue weighted by molar-refractivity contribution is 5.76. The van der Waals surface area contributed by atoms with Gasteiger partial charge in [0.15, 0.2) is 0 Å². The predicted molar refractivity (Wildman–Crippen MR) is 241 cm³/mol. The minimum absolute atomic E-state index is 0.154. The van der Waals surface area contributed by atoms with Crippen LogP contribution < -0.4 is 5.32 Å². The van der Waals surface area contributed by atoms with Crippen molar-refractivity contribution in [2.24, 2.45) is 0 Å². The van der Waals surface area contributed by atoms with E-state index in [0.717, 1.165) is 44.9 Å². The Morgan fingerprint density at radius 2 is 0.745 bits per heavy atom. The highest BCUT2D eigenvalue weighted by atomic mass is 16.3. The first kappa shape index (κ1) is 53.8. The number of nitrogens with one attached hydrogen (secondary N) is 1. The molecule has 0 saturated carbocycles. The summed E-state index contributed by atoms with van der Waals surface area (Å²) in [6.45, 7) is 4.17. The fourth-order valence-corrected chi connectivity index (χ4v) is 7.71. The van der Waals surface area contributed by atoms with Crippen LogP contribution in [-0.4, -0.2) is 46.1 Å². The number of aliphatic hydroxyl groups excluding tert-OH is 3. The van der Waals surface area contributed by atoms with E-state index in [1.807, 2.05) is 0 Å². The van der Waals surface area contributed by atoms with E-state index in [0.29, 0.717) is 12.8 Å². The SMILES string of the molecule is CCCCCCC/C=C/CC/C=C/CCCC(O)C(O)C(CO)NC(=O)CCCCCCCCCCCCCCCCCCCCCCCCCCCCC. The van der Waals surface area contributed by atoms with Gasteiger partial charge in [-0.2, -0.15) is 0 Å². The summed E-state index contributed by atoms with van der Waals surface area (Å²) in [4.78, 5) is 12.4. The van der Waals surface area contributed by atoms with Crippen molar-refractivity contribution in [1.29, 1.82) is 0 Å². The number of aliphatic hydroxyl groups is 3. The smallest absolute Gasteiger partial charge is 0.220 e. The van der Waals surface area contributed by atoms with Gasteiger partial charge in [0, 0.05) is 6.42 Å². The molecule has 0 fully saturated rings. The molecule has 1 amide bonds. The van der Waals surface area contributed by atoms with Crippen LogP contribution in [0.3, 0.4) is 0 Å². The molecule has 4 N–H and O–H groups in total. The van der Waals surface area contributed by atoms with Gasteiger partial charge < -0.3 is 20.6 Å². The molecule has 0 aromatic rings. The Balaban J connectivity index is 3.54. The maximum Gasteiger partial charge on any atom is 0.220 e. The largest absolute Gasteiger partial charge is 0.394 e. The molecule has 0 heterocycles. The van der Waals surface area contributed by atoms with Crippen molar-refractivity contribution in [3.8, 4) is 0 Å². The van der Waals surface area contributed by atoms with Crippen molar-refractivity contribution in [3.05, 3.63) is 24.3 Å². The highest BCUT2D eigenvalue weighted by Crippen LogP contribution is 2.17. The van der Waals surface area contributed by atoms with Gasteiger partial charge in [-0.15, -0.1) is 0 Å². The summed E-state index contributed by atoms with van der Waals surface area (Å²) in [5.41, 5.74) is 0. The number of unbranched alkanes of at least 4 members (excludes halogenated alkanes) is 33. The zero-order valence-corrected chi connectivity index (χ0v) is 37.1. The van der Waals surface area contributed by atoms with Crippen LogP contribution in [0.15, 0.2) is 24.3 Å². The maximum atomic E-state index is 12.4. The summed E-state index contributed by atoms with van der Waals surface area (Å²) in [7, 11) is 0. The summed E-state index contributed by atoms with van der Waals surface area (Å²) < 4.78 is 0. The molecule has 326 valence electrons. The number of amides is 1. The third-order valence-corrected chi connectivity index (χ3v) is 11.5. The zero-order chi connectivity index (χ0) is 40.1. The average Bonchev–Trinajstić information content (AvgIpc) is 3.19. The molecule has 3 unspecified atom stereocenters. The molecule has 5 heteroatoms. The molecular weight excluding hydrogens is 679 g/mol. The number of hydrogen-bond acceptors (Lipinski definition) is 4. The quantitative estimate of drug-likeness (QED) is 0.0366. The molecule has 0 spiro atoms. The van der Waals surface area contributed by atoms with Crippen LogP contribution in [0.4, 0.5) is 0 Å². The Morgan fingerprint density at radius 1 is 0.436 bits per heavy atom. The number of allylic oxidation sites excluding steroid dienone is 4. The third-order valence-electron chi connectivity index (χ3n) is 11.5. The zero-order valence-electron chi connectivity index (χ0n) is 37.1. The number of carbonyl (C=O) groups is 1. The second kappa shape index (κ2) is 45.5. The number of hydrogen-bond donors (Lipinski definition) is 4. The van der Waals surface area contributed by atoms with Crippen LogP contribution >= 0.6 is 0 Å². The van der Waals surface area contributed by atoms with Gasteiger partial charge in [-0.05, 0) is 51.4 Å². The Bertz CT molecular complexity index is 814. The lowest BCUT2D eigenvalue weighted by Crippen LogP contribution is -2.50. The first-order valence-corrected chi connectivity index (χ1v) is 24.6. The second-order valence-electron chi connectivity index (χ2n) is 17.0. The summed E-state index contributed by atoms with van der Waals surface area (Å²) in [6, 6.07) is -0.828. The first-order valence-electron chi connectivity index (χ1n) is 24.6. The fraction of sp³-hybridized carbons (Fsp3) is 0.900. The standard InChI is InChI=1S/C50H97NO4/c1-3-5-7-9-11-13-15-17-19-20-21-22-23-24-25-26-27-28-29-30-31-33-35-37-39-41-43-45-49(54)51-47(46-52)50(55)48(53)44-42-40-38-36-34-32-18-16-14-12-10-8-6-4-2/h16,18,36,38,47-48,50,52-53,55H,3-15,17,19-35,37,39-46H2,1-2H3,(H,51,54)/b18-16+,38-36+. The van der Waals surface area contributed by atoms with E-state index in [4.69, 9.17) is 0 Å². The molecule has 0 aromatic carbocycles. The van der Waals surface area contributed by atoms with Gasteiger partial charge >= 0.3 is 0 Å². The van der Waals surface area contributed by atoms with E-state index >= 15 is 0 Å². The Morgan fingerprint density at radius 3 is 1.11 bits per heavy atom. The molecule has 0 bridgehead atoms. The molecule has 0 aliphatic carbocycles. The van der Waals surface area contributed by atoms with Crippen LogP contribution in [0.1, 0.15) is 264 Å². The van der Waals surface area contributed by atoms with Crippen LogP contribution in [0, 0.1) is 0 Å². The summed E-state index contributed by atoms with van der Waals surface area (Å²) in [5.74, 6) is -0.154. The van der Waals surface area contributed by atoms with Crippen LogP contribution in [0.5, 0.6) is 0 Å². The molecule has 3 atom stereocenters. The lowest BCUT2D eigenvalue weighted by Gasteiger charge is -2.26. The molecule has 0 aliphatic heterocycles. The van der Waals surface area contributed by atoms with E-state index in [1.165, 1.54) is 193 Å². The van der Waals surface area contributed by atoms with Crippen molar-refractivity contribution in [2.45, 2.75) is 283 Å². The minimum Gasteiger partial charge on any atom is -0.394 e. The van der Waals surface area contributed by atoms with Crippen LogP contribution in [0.25, 0.3) is 0 Å². The van der Waals surface area contributed by atoms with Gasteiger partial charge in [0.1, 0.15) is 6.10 Å². The maximum absolute atomic E-state index is 12.4. The van der Waals surface area contributed by atoms with Crippen molar-refractivity contribution < 1.29 is 20.1 Å². The van der Waals surface area contributed by atoms with E-state index in [1.54, 1.807) is 0 Å². The van der Waals surface area contributed by atoms with Gasteiger partial charge in [0.2, 0.25) is 5.91 Å². The van der Waals surface area contributed by atoms with Crippen molar-refractivity contribution in [1.82, 2.24) is 5.32 Å². The molecule has 0 rings (SSSR count). The lowest BCUT2D eigenvalue weighted by molar-refractivity contribution is -0.124. The topological polar surface area (TPSA) is 89.8 Å². The molecular formula is C50H97NO4. The Kier molecular flexibility index (Phi) is 44.6. The highest BCUT2D eigenvalue weighted by Gasteiger charge is 2.26. The monoisotopic (exact) mass is 776 g/mol. The van der Waals surface area contributed by atoms with Gasteiger partial charge in [-0.1, -0.05) is 231 Å². The second-order valence-corrected chi connectivity index (χ2v) is 17.0. The number of carbonyl (C=O) groups excluding carboxylic acids is 1. The third kappa shape index (κ3) is 40.8. The molecule has 0 radical (unpaired) electrons. The fourth-order valence-electron chi connectivity index (χ4n) is 7.71. The molecule has 0 aliphatic rings. The average molecular weight is 776 g/mol. The van der Waals surface area contributed by atoms with E-state index in [2.05, 4.69) is 43.5 Å². The normalized spacial score (nSPS) is 13.6. The van der Waals surface area contributed by atoms with E-state index in [-0.39, 0.29) is 12.5 Å². The van der Waals surface area contributed by atoms with Gasteiger partial charge in [0.05, 0.1) is 18.8 Å².